The number of amides is 2. The first-order chi connectivity index (χ1) is 14.6. The van der Waals surface area contributed by atoms with E-state index in [0.29, 0.717) is 55.7 Å². The van der Waals surface area contributed by atoms with Gasteiger partial charge in [0.1, 0.15) is 12.4 Å². The Hall–Kier alpha value is -3.26. The van der Waals surface area contributed by atoms with Gasteiger partial charge in [-0.3, -0.25) is 9.59 Å². The lowest BCUT2D eigenvalue weighted by molar-refractivity contribution is -0.895. The van der Waals surface area contributed by atoms with Crippen molar-refractivity contribution in [3.63, 3.8) is 0 Å². The van der Waals surface area contributed by atoms with E-state index in [2.05, 4.69) is 5.32 Å². The summed E-state index contributed by atoms with van der Waals surface area (Å²) in [5.74, 6) is 1.84. The molecule has 1 atom stereocenters. The molecule has 0 aliphatic carbocycles. The van der Waals surface area contributed by atoms with Gasteiger partial charge in [-0.05, 0) is 24.3 Å². The number of hydrogen-bond donors (Lipinski definition) is 2. The summed E-state index contributed by atoms with van der Waals surface area (Å²) in [7, 11) is 1.59. The van der Waals surface area contributed by atoms with E-state index in [4.69, 9.17) is 14.2 Å². The molecule has 0 radical (unpaired) electrons. The van der Waals surface area contributed by atoms with E-state index in [1.54, 1.807) is 24.1 Å². The van der Waals surface area contributed by atoms with Crippen molar-refractivity contribution in [2.75, 3.05) is 51.8 Å². The number of methoxy groups -OCH3 is 1. The van der Waals surface area contributed by atoms with E-state index in [9.17, 15) is 9.59 Å². The van der Waals surface area contributed by atoms with Gasteiger partial charge in [-0.25, -0.2) is 0 Å². The molecule has 2 aliphatic rings. The zero-order chi connectivity index (χ0) is 20.9. The van der Waals surface area contributed by atoms with Gasteiger partial charge in [0.15, 0.2) is 18.0 Å². The molecule has 158 valence electrons. The van der Waals surface area contributed by atoms with Gasteiger partial charge in [0.05, 0.1) is 33.3 Å². The lowest BCUT2D eigenvalue weighted by Crippen LogP contribution is -3.15. The average molecular weight is 412 g/mol. The smallest absolute Gasteiger partial charge is 0.279 e. The first-order valence-corrected chi connectivity index (χ1v) is 10.1. The van der Waals surface area contributed by atoms with Crippen molar-refractivity contribution in [2.24, 2.45) is 0 Å². The number of carbonyl (C=O) groups excluding carboxylic acids is 2. The third-order valence-corrected chi connectivity index (χ3v) is 5.33. The van der Waals surface area contributed by atoms with Crippen LogP contribution in [-0.2, 0) is 9.59 Å². The van der Waals surface area contributed by atoms with Gasteiger partial charge in [0.2, 0.25) is 6.10 Å². The normalized spacial score (nSPS) is 18.6. The summed E-state index contributed by atoms with van der Waals surface area (Å²) in [6.07, 6.45) is -0.627. The van der Waals surface area contributed by atoms with Gasteiger partial charge in [-0.2, -0.15) is 0 Å². The van der Waals surface area contributed by atoms with Crippen molar-refractivity contribution >= 4 is 17.5 Å². The van der Waals surface area contributed by atoms with Crippen molar-refractivity contribution in [3.05, 3.63) is 48.5 Å². The highest BCUT2D eigenvalue weighted by molar-refractivity contribution is 5.91. The van der Waals surface area contributed by atoms with Gasteiger partial charge in [0.25, 0.3) is 11.8 Å². The molecule has 2 aliphatic heterocycles. The maximum Gasteiger partial charge on any atom is 0.279 e. The molecule has 0 unspecified atom stereocenters. The lowest BCUT2D eigenvalue weighted by atomic mass is 10.2. The predicted molar refractivity (Wildman–Crippen MR) is 110 cm³/mol. The fraction of sp³-hybridized carbons (Fsp3) is 0.364. The first kappa shape index (κ1) is 20.0. The highest BCUT2D eigenvalue weighted by Crippen LogP contribution is 2.31. The number of piperazine rings is 1. The van der Waals surface area contributed by atoms with Crippen LogP contribution >= 0.6 is 0 Å². The molecule has 0 saturated carbocycles. The monoisotopic (exact) mass is 412 g/mol. The number of rotatable bonds is 5. The minimum Gasteiger partial charge on any atom is -0.497 e. The van der Waals surface area contributed by atoms with E-state index >= 15 is 0 Å². The molecule has 0 aromatic heterocycles. The molecule has 8 nitrogen and oxygen atoms in total. The molecule has 2 amide bonds. The second-order valence-corrected chi connectivity index (χ2v) is 7.40. The molecule has 0 spiro atoms. The summed E-state index contributed by atoms with van der Waals surface area (Å²) in [4.78, 5) is 28.1. The minimum absolute atomic E-state index is 0.0568. The topological polar surface area (TPSA) is 81.5 Å². The number of nitrogens with zero attached hydrogens (tertiary/aromatic N) is 1. The fourth-order valence-corrected chi connectivity index (χ4v) is 3.70. The van der Waals surface area contributed by atoms with Gasteiger partial charge in [0, 0.05) is 11.8 Å². The number of quaternary nitrogens is 1. The zero-order valence-corrected chi connectivity index (χ0v) is 16.9. The maximum atomic E-state index is 12.8. The quantitative estimate of drug-likeness (QED) is 0.734. The number of carbonyl (C=O) groups is 2. The summed E-state index contributed by atoms with van der Waals surface area (Å²) in [6.45, 7) is 3.16. The largest absolute Gasteiger partial charge is 0.497 e. The zero-order valence-electron chi connectivity index (χ0n) is 16.9. The van der Waals surface area contributed by atoms with E-state index in [1.807, 2.05) is 36.4 Å². The van der Waals surface area contributed by atoms with Crippen molar-refractivity contribution in [3.8, 4) is 17.2 Å². The van der Waals surface area contributed by atoms with Crippen LogP contribution in [0.1, 0.15) is 0 Å². The molecule has 2 N–H and O–H groups in total. The molecule has 1 fully saturated rings. The molecular weight excluding hydrogens is 386 g/mol. The second-order valence-electron chi connectivity index (χ2n) is 7.40. The fourth-order valence-electron chi connectivity index (χ4n) is 3.70. The predicted octanol–water partition coefficient (Wildman–Crippen LogP) is 0.201. The molecule has 8 heteroatoms. The molecule has 30 heavy (non-hydrogen) atoms. The van der Waals surface area contributed by atoms with Gasteiger partial charge in [-0.1, -0.05) is 18.2 Å². The number of benzene rings is 2. The van der Waals surface area contributed by atoms with Crippen LogP contribution in [0.2, 0.25) is 0 Å². The van der Waals surface area contributed by atoms with Crippen molar-refractivity contribution < 1.29 is 28.7 Å². The lowest BCUT2D eigenvalue weighted by Gasteiger charge is -2.35. The van der Waals surface area contributed by atoms with Crippen LogP contribution in [0, 0.1) is 0 Å². The Morgan fingerprint density at radius 3 is 2.67 bits per heavy atom. The Bertz CT molecular complexity index is 911. The summed E-state index contributed by atoms with van der Waals surface area (Å²) in [5, 5.41) is 2.90. The Morgan fingerprint density at radius 1 is 1.13 bits per heavy atom. The van der Waals surface area contributed by atoms with Crippen molar-refractivity contribution in [1.29, 1.82) is 0 Å². The van der Waals surface area contributed by atoms with Crippen LogP contribution in [0.5, 0.6) is 17.2 Å². The molecule has 4 rings (SSSR count). The maximum absolute atomic E-state index is 12.8. The van der Waals surface area contributed by atoms with Crippen LogP contribution < -0.4 is 24.4 Å². The number of para-hydroxylation sites is 2. The Balaban J connectivity index is 1.24. The number of anilines is 1. The van der Waals surface area contributed by atoms with Gasteiger partial charge in [-0.15, -0.1) is 0 Å². The first-order valence-electron chi connectivity index (χ1n) is 10.1. The van der Waals surface area contributed by atoms with E-state index in [0.717, 1.165) is 4.90 Å². The molecule has 2 heterocycles. The van der Waals surface area contributed by atoms with Crippen LogP contribution in [-0.4, -0.2) is 69.3 Å². The van der Waals surface area contributed by atoms with Crippen LogP contribution in [0.3, 0.4) is 0 Å². The Labute approximate surface area is 175 Å². The highest BCUT2D eigenvalue weighted by Gasteiger charge is 2.34. The third-order valence-electron chi connectivity index (χ3n) is 5.33. The van der Waals surface area contributed by atoms with Crippen LogP contribution in [0.25, 0.3) is 0 Å². The van der Waals surface area contributed by atoms with Gasteiger partial charge >= 0.3 is 0 Å². The summed E-state index contributed by atoms with van der Waals surface area (Å²) in [6, 6.07) is 14.6. The number of ether oxygens (including phenoxy) is 3. The van der Waals surface area contributed by atoms with Gasteiger partial charge < -0.3 is 29.3 Å². The average Bonchev–Trinajstić information content (AvgIpc) is 2.79. The van der Waals surface area contributed by atoms with Crippen LogP contribution in [0.15, 0.2) is 48.5 Å². The van der Waals surface area contributed by atoms with E-state index < -0.39 is 6.10 Å². The minimum atomic E-state index is -0.627. The molecule has 2 aromatic carbocycles. The summed E-state index contributed by atoms with van der Waals surface area (Å²) >= 11 is 0. The molecular formula is C22H26N3O5+. The Kier molecular flexibility index (Phi) is 6.04. The Morgan fingerprint density at radius 2 is 1.90 bits per heavy atom. The molecule has 1 saturated heterocycles. The molecule has 0 bridgehead atoms. The van der Waals surface area contributed by atoms with Crippen LogP contribution in [0.4, 0.5) is 5.69 Å². The summed E-state index contributed by atoms with van der Waals surface area (Å²) < 4.78 is 16.7. The SMILES string of the molecule is COc1cccc(NC(=O)C[NH+]2CCN(C(=O)[C@H]3COc4ccccc4O3)CC2)c1. The van der Waals surface area contributed by atoms with E-state index in [1.165, 1.54) is 0 Å². The molecule has 2 aromatic rings. The third kappa shape index (κ3) is 4.65. The number of hydrogen-bond acceptors (Lipinski definition) is 5. The number of fused-ring (bicyclic) bond motifs is 1. The standard InChI is InChI=1S/C22H25N3O5/c1-28-17-6-4-5-16(13-17)23-21(26)14-24-9-11-25(12-10-24)22(27)20-15-29-18-7-2-3-8-19(18)30-20/h2-8,13,20H,9-12,14-15H2,1H3,(H,23,26)/p+1/t20-/m1/s1. The highest BCUT2D eigenvalue weighted by atomic mass is 16.6. The summed E-state index contributed by atoms with van der Waals surface area (Å²) in [5.41, 5.74) is 0.710. The number of nitrogens with one attached hydrogen (secondary N) is 2. The van der Waals surface area contributed by atoms with E-state index in [-0.39, 0.29) is 18.4 Å². The van der Waals surface area contributed by atoms with Crippen molar-refractivity contribution in [2.45, 2.75) is 6.10 Å². The van der Waals surface area contributed by atoms with Crippen molar-refractivity contribution in [1.82, 2.24) is 4.90 Å². The second kappa shape index (κ2) is 9.04.